The number of carboxylic acids is 1. The number of likely N-dealkylation sites (tertiary alicyclic amines) is 1. The van der Waals surface area contributed by atoms with Gasteiger partial charge >= 0.3 is 5.97 Å². The molecule has 0 spiro atoms. The Kier molecular flexibility index (Phi) is 7.25. The molecule has 180 valence electrons. The molecular weight excluding hydrogens is 460 g/mol. The molecule has 1 aliphatic rings. The van der Waals surface area contributed by atoms with Gasteiger partial charge in [-0.3, -0.25) is 9.69 Å². The summed E-state index contributed by atoms with van der Waals surface area (Å²) < 4.78 is 0. The van der Waals surface area contributed by atoms with E-state index in [1.807, 2.05) is 36.4 Å². The average Bonchev–Trinajstić information content (AvgIpc) is 3.26. The number of hydrogen-bond donors (Lipinski definition) is 2. The summed E-state index contributed by atoms with van der Waals surface area (Å²) in [5.41, 5.74) is 4.69. The number of aryl methyl sites for hydroxylation is 1. The normalized spacial score (nSPS) is 14.3. The molecule has 0 atom stereocenters. The van der Waals surface area contributed by atoms with Crippen LogP contribution in [0.4, 0.5) is 11.6 Å². The molecule has 0 unspecified atom stereocenters. The molecule has 0 radical (unpaired) electrons. The average molecular weight is 489 g/mol. The molecule has 0 saturated carbocycles. The van der Waals surface area contributed by atoms with Crippen molar-refractivity contribution in [3.63, 3.8) is 0 Å². The predicted octanol–water partition coefficient (Wildman–Crippen LogP) is 4.82. The van der Waals surface area contributed by atoms with Crippen LogP contribution < -0.4 is 5.32 Å². The largest absolute Gasteiger partial charge is 0.481 e. The Bertz CT molecular complexity index is 1270. The third-order valence-corrected chi connectivity index (χ3v) is 7.03. The van der Waals surface area contributed by atoms with Gasteiger partial charge < -0.3 is 10.4 Å². The number of carbonyl (C=O) groups is 1. The number of nitrogens with one attached hydrogen (secondary N) is 1. The minimum Gasteiger partial charge on any atom is -0.481 e. The van der Waals surface area contributed by atoms with Gasteiger partial charge in [0.2, 0.25) is 5.95 Å². The zero-order chi connectivity index (χ0) is 24.0. The molecule has 1 fully saturated rings. The Morgan fingerprint density at radius 2 is 1.83 bits per heavy atom. The van der Waals surface area contributed by atoms with Gasteiger partial charge in [-0.1, -0.05) is 29.9 Å². The molecule has 2 N–H and O–H groups in total. The summed E-state index contributed by atoms with van der Waals surface area (Å²) >= 11 is 1.60. The summed E-state index contributed by atoms with van der Waals surface area (Å²) in [6, 6.07) is 13.7. The van der Waals surface area contributed by atoms with Gasteiger partial charge in [0.1, 0.15) is 15.4 Å². The molecule has 0 aliphatic carbocycles. The van der Waals surface area contributed by atoms with Crippen LogP contribution in [0.2, 0.25) is 0 Å². The van der Waals surface area contributed by atoms with Crippen molar-refractivity contribution >= 4 is 39.3 Å². The Morgan fingerprint density at radius 3 is 2.60 bits per heavy atom. The minimum atomic E-state index is -0.789. The molecule has 0 bridgehead atoms. The van der Waals surface area contributed by atoms with Gasteiger partial charge in [0.15, 0.2) is 0 Å². The molecular formula is C26H28N6O2S. The number of piperidine rings is 1. The molecule has 5 rings (SSSR count). The lowest BCUT2D eigenvalue weighted by Crippen LogP contribution is -2.29. The monoisotopic (exact) mass is 488 g/mol. The number of aromatic nitrogens is 4. The fourth-order valence-electron chi connectivity index (χ4n) is 4.31. The van der Waals surface area contributed by atoms with E-state index in [2.05, 4.69) is 21.3 Å². The summed E-state index contributed by atoms with van der Waals surface area (Å²) in [7, 11) is 0. The Hall–Kier alpha value is -3.43. The molecule has 3 aromatic heterocycles. The molecule has 4 heterocycles. The van der Waals surface area contributed by atoms with Crippen LogP contribution in [0, 0.1) is 0 Å². The zero-order valence-electron chi connectivity index (χ0n) is 19.5. The van der Waals surface area contributed by atoms with Gasteiger partial charge in [-0.15, -0.1) is 0 Å². The van der Waals surface area contributed by atoms with Crippen molar-refractivity contribution in [3.8, 4) is 0 Å². The molecule has 1 saturated heterocycles. The van der Waals surface area contributed by atoms with Crippen molar-refractivity contribution in [3.05, 3.63) is 70.6 Å². The van der Waals surface area contributed by atoms with E-state index in [0.717, 1.165) is 57.6 Å². The van der Waals surface area contributed by atoms with Crippen LogP contribution in [0.1, 0.15) is 47.6 Å². The lowest BCUT2D eigenvalue weighted by atomic mass is 10.1. The van der Waals surface area contributed by atoms with Gasteiger partial charge in [0.25, 0.3) is 0 Å². The Labute approximate surface area is 208 Å². The highest BCUT2D eigenvalue weighted by molar-refractivity contribution is 7.18. The topological polar surface area (TPSA) is 104 Å². The first-order valence-electron chi connectivity index (χ1n) is 12.0. The van der Waals surface area contributed by atoms with Crippen molar-refractivity contribution < 1.29 is 9.90 Å². The van der Waals surface area contributed by atoms with Gasteiger partial charge in [0, 0.05) is 31.3 Å². The number of rotatable bonds is 9. The Morgan fingerprint density at radius 1 is 1.03 bits per heavy atom. The number of thiazole rings is 1. The lowest BCUT2D eigenvalue weighted by Gasteiger charge is -2.26. The smallest absolute Gasteiger partial charge is 0.303 e. The summed E-state index contributed by atoms with van der Waals surface area (Å²) in [6.07, 6.45) is 6.82. The SMILES string of the molecule is O=C(O)CCc1ccc(Nc2nc(Cc3nc4cccnc4s3)cc(CN3CCCCC3)n2)cc1. The first-order chi connectivity index (χ1) is 17.1. The molecule has 1 aromatic carbocycles. The lowest BCUT2D eigenvalue weighted by molar-refractivity contribution is -0.136. The first kappa shape index (κ1) is 23.3. The third kappa shape index (κ3) is 6.37. The van der Waals surface area contributed by atoms with E-state index >= 15 is 0 Å². The second kappa shape index (κ2) is 10.9. The number of pyridine rings is 1. The molecule has 0 amide bonds. The van der Waals surface area contributed by atoms with Crippen molar-refractivity contribution in [2.75, 3.05) is 18.4 Å². The van der Waals surface area contributed by atoms with E-state index in [9.17, 15) is 4.79 Å². The van der Waals surface area contributed by atoms with Gasteiger partial charge in [-0.05, 0) is 68.2 Å². The van der Waals surface area contributed by atoms with Crippen LogP contribution in [0.3, 0.4) is 0 Å². The fraction of sp³-hybridized carbons (Fsp3) is 0.346. The van der Waals surface area contributed by atoms with E-state index < -0.39 is 5.97 Å². The highest BCUT2D eigenvalue weighted by atomic mass is 32.1. The highest BCUT2D eigenvalue weighted by Crippen LogP contribution is 2.23. The number of aliphatic carboxylic acids is 1. The quantitative estimate of drug-likeness (QED) is 0.346. The fourth-order valence-corrected chi connectivity index (χ4v) is 5.23. The molecule has 9 heteroatoms. The standard InChI is InChI=1S/C26H28N6O2S/c33-24(34)11-8-18-6-9-19(10-7-18)28-26-29-20(15-21(30-26)17-32-13-2-1-3-14-32)16-23-31-22-5-4-12-27-25(22)35-23/h4-7,9-10,12,15H,1-3,8,11,13-14,16-17H2,(H,33,34)(H,28,29,30). The van der Waals surface area contributed by atoms with E-state index in [1.165, 1.54) is 19.3 Å². The van der Waals surface area contributed by atoms with Gasteiger partial charge in [0.05, 0.1) is 11.4 Å². The zero-order valence-corrected chi connectivity index (χ0v) is 20.3. The molecule has 35 heavy (non-hydrogen) atoms. The van der Waals surface area contributed by atoms with E-state index in [0.29, 0.717) is 18.8 Å². The van der Waals surface area contributed by atoms with Crippen LogP contribution >= 0.6 is 11.3 Å². The summed E-state index contributed by atoms with van der Waals surface area (Å²) in [5, 5.41) is 13.2. The number of hydrogen-bond acceptors (Lipinski definition) is 8. The molecule has 1 aliphatic heterocycles. The maximum atomic E-state index is 10.8. The van der Waals surface area contributed by atoms with Crippen molar-refractivity contribution in [2.45, 2.75) is 45.1 Å². The maximum Gasteiger partial charge on any atom is 0.303 e. The van der Waals surface area contributed by atoms with Crippen molar-refractivity contribution in [2.24, 2.45) is 0 Å². The van der Waals surface area contributed by atoms with Crippen LogP contribution in [0.15, 0.2) is 48.7 Å². The summed E-state index contributed by atoms with van der Waals surface area (Å²) in [6.45, 7) is 3.01. The number of anilines is 2. The molecule has 8 nitrogen and oxygen atoms in total. The highest BCUT2D eigenvalue weighted by Gasteiger charge is 2.15. The van der Waals surface area contributed by atoms with Gasteiger partial charge in [-0.25, -0.2) is 19.9 Å². The number of fused-ring (bicyclic) bond motifs is 1. The first-order valence-corrected chi connectivity index (χ1v) is 12.8. The number of carboxylic acid groups (broad SMARTS) is 1. The molecule has 4 aromatic rings. The number of benzene rings is 1. The third-order valence-electron chi connectivity index (χ3n) is 6.05. The second-order valence-corrected chi connectivity index (χ2v) is 9.90. The van der Waals surface area contributed by atoms with Crippen LogP contribution in [0.5, 0.6) is 0 Å². The van der Waals surface area contributed by atoms with E-state index in [-0.39, 0.29) is 6.42 Å². The Balaban J connectivity index is 1.37. The number of nitrogens with zero attached hydrogens (tertiary/aromatic N) is 5. The van der Waals surface area contributed by atoms with Crippen molar-refractivity contribution in [1.82, 2.24) is 24.8 Å². The van der Waals surface area contributed by atoms with Crippen molar-refractivity contribution in [1.29, 1.82) is 0 Å². The summed E-state index contributed by atoms with van der Waals surface area (Å²) in [4.78, 5) is 33.0. The van der Waals surface area contributed by atoms with Crippen LogP contribution in [-0.2, 0) is 24.2 Å². The summed E-state index contributed by atoms with van der Waals surface area (Å²) in [5.74, 6) is -0.227. The van der Waals surface area contributed by atoms with E-state index in [4.69, 9.17) is 20.1 Å². The predicted molar refractivity (Wildman–Crippen MR) is 137 cm³/mol. The minimum absolute atomic E-state index is 0.124. The van der Waals surface area contributed by atoms with Gasteiger partial charge in [-0.2, -0.15) is 0 Å². The van der Waals surface area contributed by atoms with E-state index in [1.54, 1.807) is 17.5 Å². The van der Waals surface area contributed by atoms with Crippen LogP contribution in [-0.4, -0.2) is 49.0 Å². The maximum absolute atomic E-state index is 10.8. The second-order valence-electron chi connectivity index (χ2n) is 8.84. The van der Waals surface area contributed by atoms with Crippen LogP contribution in [0.25, 0.3) is 10.3 Å².